The number of nitrogens with one attached hydrogen (secondary N) is 2. The van der Waals surface area contributed by atoms with Crippen molar-refractivity contribution in [2.24, 2.45) is 0 Å². The number of ether oxygens (including phenoxy) is 1. The number of phenols is 1. The number of aromatic hydroxyl groups is 1. The van der Waals surface area contributed by atoms with Gasteiger partial charge in [-0.25, -0.2) is 4.98 Å². The van der Waals surface area contributed by atoms with E-state index in [9.17, 15) is 5.11 Å². The molecule has 0 saturated carbocycles. The monoisotopic (exact) mass is 543 g/mol. The van der Waals surface area contributed by atoms with Crippen molar-refractivity contribution in [2.75, 3.05) is 43.0 Å². The number of piperazine rings is 1. The first-order valence-corrected chi connectivity index (χ1v) is 15.0. The Balaban J connectivity index is 1.16. The summed E-state index contributed by atoms with van der Waals surface area (Å²) < 4.78 is 6.42. The van der Waals surface area contributed by atoms with Crippen LogP contribution in [0.3, 0.4) is 0 Å². The summed E-state index contributed by atoms with van der Waals surface area (Å²) in [5.74, 6) is 1.09. The van der Waals surface area contributed by atoms with Crippen LogP contribution in [0.15, 0.2) is 36.4 Å². The van der Waals surface area contributed by atoms with Crippen LogP contribution < -0.4 is 20.3 Å². The Morgan fingerprint density at radius 1 is 1.05 bits per heavy atom. The number of fused-ring (bicyclic) bond motifs is 5. The van der Waals surface area contributed by atoms with Crippen LogP contribution in [0, 0.1) is 0 Å². The number of phenolic OH excluding ortho intramolecular Hbond substituents is 1. The molecule has 2 bridgehead atoms. The number of nitrogens with zero attached hydrogens (tertiary/aromatic N) is 5. The molecule has 2 aromatic heterocycles. The first kappa shape index (κ1) is 23.7. The molecule has 0 radical (unpaired) electrons. The predicted octanol–water partition coefficient (Wildman–Crippen LogP) is 4.64. The Labute approximate surface area is 231 Å². The van der Waals surface area contributed by atoms with E-state index in [2.05, 4.69) is 20.4 Å². The molecular weight excluding hydrogens is 510 g/mol. The second kappa shape index (κ2) is 9.18. The lowest BCUT2D eigenvalue weighted by Gasteiger charge is -2.34. The van der Waals surface area contributed by atoms with Gasteiger partial charge in [0.15, 0.2) is 15.8 Å². The van der Waals surface area contributed by atoms with Crippen LogP contribution in [0.5, 0.6) is 11.8 Å². The summed E-state index contributed by atoms with van der Waals surface area (Å²) in [6.45, 7) is 4.82. The van der Waals surface area contributed by atoms with Crippen molar-refractivity contribution in [2.45, 2.75) is 56.1 Å². The third-order valence-electron chi connectivity index (χ3n) is 9.11. The molecular formula is C29H33N7O2S. The van der Waals surface area contributed by atoms with Crippen molar-refractivity contribution in [1.29, 1.82) is 0 Å². The lowest BCUT2D eigenvalue weighted by molar-refractivity contribution is 0.108. The average Bonchev–Trinajstić information content (AvgIpc) is 3.70. The highest BCUT2D eigenvalue weighted by Gasteiger charge is 2.45. The number of anilines is 3. The van der Waals surface area contributed by atoms with Gasteiger partial charge in [-0.05, 0) is 63.1 Å². The molecule has 4 aromatic rings. The molecule has 4 saturated heterocycles. The zero-order valence-electron chi connectivity index (χ0n) is 21.9. The Morgan fingerprint density at radius 3 is 2.67 bits per heavy atom. The fourth-order valence-electron chi connectivity index (χ4n) is 7.27. The maximum absolute atomic E-state index is 10.3. The van der Waals surface area contributed by atoms with Gasteiger partial charge in [0.25, 0.3) is 0 Å². The molecule has 3 N–H and O–H groups in total. The zero-order valence-corrected chi connectivity index (χ0v) is 22.7. The van der Waals surface area contributed by atoms with Crippen LogP contribution in [0.4, 0.5) is 16.6 Å². The number of rotatable bonds is 6. The summed E-state index contributed by atoms with van der Waals surface area (Å²) in [7, 11) is 0. The Bertz CT molecular complexity index is 1540. The van der Waals surface area contributed by atoms with E-state index in [4.69, 9.17) is 19.7 Å². The molecule has 4 aliphatic rings. The van der Waals surface area contributed by atoms with Crippen LogP contribution in [0.2, 0.25) is 0 Å². The summed E-state index contributed by atoms with van der Waals surface area (Å²) in [6, 6.07) is 13.0. The SMILES string of the molecule is Oc1cc(Nc2nc3c(N4CC5CCC(C4)N5)nc(OCC45CCCN4CCC5)nc3s2)c2ccccc2c1. The van der Waals surface area contributed by atoms with Crippen molar-refractivity contribution in [3.8, 4) is 11.8 Å². The quantitative estimate of drug-likeness (QED) is 0.321. The average molecular weight is 544 g/mol. The second-order valence-electron chi connectivity index (χ2n) is 11.6. The predicted molar refractivity (Wildman–Crippen MR) is 155 cm³/mol. The van der Waals surface area contributed by atoms with E-state index in [1.807, 2.05) is 24.3 Å². The van der Waals surface area contributed by atoms with Gasteiger partial charge in [0.1, 0.15) is 17.9 Å². The van der Waals surface area contributed by atoms with E-state index in [-0.39, 0.29) is 11.3 Å². The normalized spacial score (nSPS) is 24.1. The maximum Gasteiger partial charge on any atom is 0.319 e. The summed E-state index contributed by atoms with van der Waals surface area (Å²) in [4.78, 5) is 20.7. The lowest BCUT2D eigenvalue weighted by Crippen LogP contribution is -2.51. The van der Waals surface area contributed by atoms with Crippen LogP contribution in [0.1, 0.15) is 38.5 Å². The molecule has 0 aliphatic carbocycles. The van der Waals surface area contributed by atoms with Crippen molar-refractivity contribution in [3.05, 3.63) is 36.4 Å². The number of hydrogen-bond donors (Lipinski definition) is 3. The zero-order chi connectivity index (χ0) is 26.0. The summed E-state index contributed by atoms with van der Waals surface area (Å²) in [5.41, 5.74) is 1.77. The van der Waals surface area contributed by atoms with Gasteiger partial charge < -0.3 is 25.4 Å². The highest BCUT2D eigenvalue weighted by molar-refractivity contribution is 7.21. The fourth-order valence-corrected chi connectivity index (χ4v) is 8.11. The van der Waals surface area contributed by atoms with E-state index >= 15 is 0 Å². The van der Waals surface area contributed by atoms with Gasteiger partial charge >= 0.3 is 6.01 Å². The van der Waals surface area contributed by atoms with Crippen LogP contribution in [-0.4, -0.2) is 75.4 Å². The van der Waals surface area contributed by atoms with E-state index in [1.54, 1.807) is 12.1 Å². The standard InChI is InChI=1S/C29H33N7O2S/c37-21-13-18-5-1-2-6-22(18)23(14-21)31-28-32-24-25(35-15-19-7-8-20(16-35)30-19)33-27(34-26(24)39-28)38-17-29-9-3-11-36(29)12-4-10-29/h1-2,5-6,13-14,19-20,30,37H,3-4,7-12,15-17H2,(H,31,32). The minimum atomic E-state index is 0.142. The van der Waals surface area contributed by atoms with Gasteiger partial charge in [0, 0.05) is 36.6 Å². The fraction of sp³-hybridized carbons (Fsp3) is 0.483. The topological polar surface area (TPSA) is 98.7 Å². The third-order valence-corrected chi connectivity index (χ3v) is 9.97. The Morgan fingerprint density at radius 2 is 1.85 bits per heavy atom. The Hall–Kier alpha value is -3.21. The molecule has 6 heterocycles. The number of hydrogen-bond acceptors (Lipinski definition) is 10. The molecule has 2 unspecified atom stereocenters. The van der Waals surface area contributed by atoms with Crippen molar-refractivity contribution in [1.82, 2.24) is 25.2 Å². The van der Waals surface area contributed by atoms with Crippen LogP contribution >= 0.6 is 11.3 Å². The second-order valence-corrected chi connectivity index (χ2v) is 12.6. The van der Waals surface area contributed by atoms with Gasteiger partial charge in [-0.2, -0.15) is 9.97 Å². The van der Waals surface area contributed by atoms with Gasteiger partial charge in [-0.3, -0.25) is 4.90 Å². The summed E-state index contributed by atoms with van der Waals surface area (Å²) in [6.07, 6.45) is 7.26. The lowest BCUT2D eigenvalue weighted by atomic mass is 9.95. The molecule has 8 rings (SSSR count). The van der Waals surface area contributed by atoms with Crippen molar-refractivity contribution < 1.29 is 9.84 Å². The van der Waals surface area contributed by atoms with Crippen LogP contribution in [-0.2, 0) is 0 Å². The van der Waals surface area contributed by atoms with E-state index in [0.717, 1.165) is 50.8 Å². The molecule has 202 valence electrons. The van der Waals surface area contributed by atoms with E-state index < -0.39 is 0 Å². The maximum atomic E-state index is 10.3. The molecule has 0 amide bonds. The van der Waals surface area contributed by atoms with Crippen molar-refractivity contribution in [3.63, 3.8) is 0 Å². The minimum Gasteiger partial charge on any atom is -0.508 e. The first-order valence-electron chi connectivity index (χ1n) is 14.2. The van der Waals surface area contributed by atoms with E-state index in [1.165, 1.54) is 63.0 Å². The summed E-state index contributed by atoms with van der Waals surface area (Å²) >= 11 is 1.50. The highest BCUT2D eigenvalue weighted by atomic mass is 32.1. The van der Waals surface area contributed by atoms with Crippen molar-refractivity contribution >= 4 is 49.1 Å². The third kappa shape index (κ3) is 4.16. The molecule has 4 aliphatic heterocycles. The van der Waals surface area contributed by atoms with Crippen LogP contribution in [0.25, 0.3) is 21.1 Å². The van der Waals surface area contributed by atoms with E-state index in [0.29, 0.717) is 24.7 Å². The number of benzene rings is 2. The van der Waals surface area contributed by atoms with Gasteiger partial charge in [0.2, 0.25) is 0 Å². The highest BCUT2D eigenvalue weighted by Crippen LogP contribution is 2.40. The molecule has 10 heteroatoms. The number of thiazole rings is 1. The summed E-state index contributed by atoms with van der Waals surface area (Å²) in [5, 5.41) is 20.3. The Kier molecular flexibility index (Phi) is 5.57. The molecule has 0 spiro atoms. The van der Waals surface area contributed by atoms with Gasteiger partial charge in [0.05, 0.1) is 11.2 Å². The van der Waals surface area contributed by atoms with Gasteiger partial charge in [-0.1, -0.05) is 35.6 Å². The largest absolute Gasteiger partial charge is 0.508 e. The first-order chi connectivity index (χ1) is 19.1. The minimum absolute atomic E-state index is 0.142. The molecule has 4 fully saturated rings. The molecule has 2 aromatic carbocycles. The molecule has 2 atom stereocenters. The van der Waals surface area contributed by atoms with Gasteiger partial charge in [-0.15, -0.1) is 0 Å². The smallest absolute Gasteiger partial charge is 0.319 e. The number of aromatic nitrogens is 3. The molecule has 39 heavy (non-hydrogen) atoms. The molecule has 9 nitrogen and oxygen atoms in total.